The highest BCUT2D eigenvalue weighted by Gasteiger charge is 2.31. The highest BCUT2D eigenvalue weighted by Crippen LogP contribution is 2.34. The van der Waals surface area contributed by atoms with Gasteiger partial charge in [0.1, 0.15) is 5.75 Å². The van der Waals surface area contributed by atoms with Gasteiger partial charge in [-0.3, -0.25) is 9.69 Å². The number of halogens is 1. The molecule has 0 aromatic heterocycles. The third-order valence-electron chi connectivity index (χ3n) is 3.98. The Labute approximate surface area is 119 Å². The van der Waals surface area contributed by atoms with Gasteiger partial charge in [-0.05, 0) is 45.6 Å². The minimum atomic E-state index is -0.492. The Kier molecular flexibility index (Phi) is 3.88. The van der Waals surface area contributed by atoms with Gasteiger partial charge in [0.05, 0.1) is 12.1 Å². The SMILES string of the molecule is CN(C)C(C)(C)C(=O)Cc1cc(Cl)cc2c1OCC2. The van der Waals surface area contributed by atoms with E-state index in [0.29, 0.717) is 18.1 Å². The molecule has 1 aromatic rings. The Morgan fingerprint density at radius 2 is 2.11 bits per heavy atom. The molecule has 0 aliphatic carbocycles. The number of benzene rings is 1. The minimum Gasteiger partial charge on any atom is -0.493 e. The maximum Gasteiger partial charge on any atom is 0.156 e. The van der Waals surface area contributed by atoms with E-state index in [-0.39, 0.29) is 5.78 Å². The smallest absolute Gasteiger partial charge is 0.156 e. The number of Topliss-reactive ketones (excluding diaryl/α,β-unsaturated/α-hetero) is 1. The Hall–Kier alpha value is -1.06. The van der Waals surface area contributed by atoms with Gasteiger partial charge in [-0.1, -0.05) is 11.6 Å². The minimum absolute atomic E-state index is 0.164. The van der Waals surface area contributed by atoms with Crippen molar-refractivity contribution in [1.29, 1.82) is 0 Å². The zero-order valence-corrected chi connectivity index (χ0v) is 12.7. The van der Waals surface area contributed by atoms with Gasteiger partial charge in [-0.2, -0.15) is 0 Å². The molecule has 0 saturated heterocycles. The van der Waals surface area contributed by atoms with E-state index >= 15 is 0 Å². The molecule has 1 aromatic carbocycles. The summed E-state index contributed by atoms with van der Waals surface area (Å²) in [6.07, 6.45) is 1.22. The first-order chi connectivity index (χ1) is 8.82. The lowest BCUT2D eigenvalue weighted by Gasteiger charge is -2.31. The maximum atomic E-state index is 12.4. The molecule has 1 aliphatic heterocycles. The van der Waals surface area contributed by atoms with Crippen molar-refractivity contribution in [3.8, 4) is 5.75 Å². The number of hydrogen-bond donors (Lipinski definition) is 0. The van der Waals surface area contributed by atoms with Gasteiger partial charge in [-0.25, -0.2) is 0 Å². The summed E-state index contributed by atoms with van der Waals surface area (Å²) in [5.41, 5.74) is 1.52. The number of fused-ring (bicyclic) bond motifs is 1. The zero-order valence-electron chi connectivity index (χ0n) is 11.9. The molecular formula is C15H20ClNO2. The van der Waals surface area contributed by atoms with E-state index < -0.39 is 5.54 Å². The molecule has 0 bridgehead atoms. The molecule has 1 aliphatic rings. The van der Waals surface area contributed by atoms with Crippen LogP contribution in [0, 0.1) is 0 Å². The van der Waals surface area contributed by atoms with E-state index in [4.69, 9.17) is 16.3 Å². The third-order valence-corrected chi connectivity index (χ3v) is 4.19. The van der Waals surface area contributed by atoms with Crippen LogP contribution in [-0.2, 0) is 17.6 Å². The summed E-state index contributed by atoms with van der Waals surface area (Å²) in [5.74, 6) is 1.02. The molecule has 3 nitrogen and oxygen atoms in total. The highest BCUT2D eigenvalue weighted by atomic mass is 35.5. The second kappa shape index (κ2) is 5.14. The van der Waals surface area contributed by atoms with Gasteiger partial charge >= 0.3 is 0 Å². The van der Waals surface area contributed by atoms with E-state index in [1.54, 1.807) is 0 Å². The second-order valence-corrected chi connectivity index (χ2v) is 6.14. The molecule has 0 N–H and O–H groups in total. The van der Waals surface area contributed by atoms with Gasteiger partial charge in [-0.15, -0.1) is 0 Å². The lowest BCUT2D eigenvalue weighted by atomic mass is 9.91. The van der Waals surface area contributed by atoms with Gasteiger partial charge in [0.15, 0.2) is 5.78 Å². The molecule has 0 saturated carbocycles. The van der Waals surface area contributed by atoms with Crippen molar-refractivity contribution in [3.63, 3.8) is 0 Å². The van der Waals surface area contributed by atoms with Gasteiger partial charge in [0.2, 0.25) is 0 Å². The van der Waals surface area contributed by atoms with Crippen LogP contribution >= 0.6 is 11.6 Å². The molecule has 0 unspecified atom stereocenters. The maximum absolute atomic E-state index is 12.4. The van der Waals surface area contributed by atoms with Crippen molar-refractivity contribution in [2.45, 2.75) is 32.2 Å². The number of nitrogens with zero attached hydrogens (tertiary/aromatic N) is 1. The zero-order chi connectivity index (χ0) is 14.2. The number of ketones is 1. The van der Waals surface area contributed by atoms with E-state index in [1.165, 1.54) is 0 Å². The second-order valence-electron chi connectivity index (χ2n) is 5.71. The first-order valence-corrected chi connectivity index (χ1v) is 6.85. The predicted molar refractivity (Wildman–Crippen MR) is 77.1 cm³/mol. The van der Waals surface area contributed by atoms with Gasteiger partial charge < -0.3 is 4.74 Å². The van der Waals surface area contributed by atoms with Crippen molar-refractivity contribution in [1.82, 2.24) is 4.90 Å². The van der Waals surface area contributed by atoms with Crippen molar-refractivity contribution in [2.75, 3.05) is 20.7 Å². The van der Waals surface area contributed by atoms with Crippen LogP contribution in [0.1, 0.15) is 25.0 Å². The normalized spacial score (nSPS) is 14.4. The molecule has 1 heterocycles. The molecule has 0 radical (unpaired) electrons. The average molecular weight is 282 g/mol. The van der Waals surface area contributed by atoms with Crippen LogP contribution in [0.25, 0.3) is 0 Å². The van der Waals surface area contributed by atoms with Gasteiger partial charge in [0.25, 0.3) is 0 Å². The molecule has 104 valence electrons. The molecule has 2 rings (SSSR count). The lowest BCUT2D eigenvalue weighted by molar-refractivity contribution is -0.127. The number of ether oxygens (including phenoxy) is 1. The summed E-state index contributed by atoms with van der Waals surface area (Å²) in [6, 6.07) is 3.77. The highest BCUT2D eigenvalue weighted by molar-refractivity contribution is 6.30. The van der Waals surface area contributed by atoms with Crippen molar-refractivity contribution in [2.24, 2.45) is 0 Å². The van der Waals surface area contributed by atoms with Crippen LogP contribution in [-0.4, -0.2) is 36.9 Å². The predicted octanol–water partition coefficient (Wildman–Crippen LogP) is 2.73. The van der Waals surface area contributed by atoms with Crippen LogP contribution in [0.3, 0.4) is 0 Å². The standard InChI is InChI=1S/C15H20ClNO2/c1-15(2,17(3)4)13(18)9-11-8-12(16)7-10-5-6-19-14(10)11/h7-8H,5-6,9H2,1-4H3. The summed E-state index contributed by atoms with van der Waals surface area (Å²) in [6.45, 7) is 4.54. The Bertz CT molecular complexity index is 509. The fourth-order valence-corrected chi connectivity index (χ4v) is 2.38. The van der Waals surface area contributed by atoms with E-state index in [1.807, 2.05) is 45.0 Å². The van der Waals surface area contributed by atoms with E-state index in [0.717, 1.165) is 23.3 Å². The lowest BCUT2D eigenvalue weighted by Crippen LogP contribution is -2.46. The van der Waals surface area contributed by atoms with Crippen LogP contribution in [0.5, 0.6) is 5.75 Å². The Balaban J connectivity index is 2.28. The Morgan fingerprint density at radius 3 is 2.74 bits per heavy atom. The number of carbonyl (C=O) groups is 1. The summed E-state index contributed by atoms with van der Waals surface area (Å²) in [5, 5.41) is 0.676. The molecule has 0 spiro atoms. The average Bonchev–Trinajstić information content (AvgIpc) is 2.76. The quantitative estimate of drug-likeness (QED) is 0.850. The monoisotopic (exact) mass is 281 g/mol. The third kappa shape index (κ3) is 2.77. The molecular weight excluding hydrogens is 262 g/mol. The van der Waals surface area contributed by atoms with Crippen LogP contribution in [0.2, 0.25) is 5.02 Å². The summed E-state index contributed by atoms with van der Waals surface area (Å²) in [7, 11) is 3.83. The van der Waals surface area contributed by atoms with Crippen LogP contribution in [0.15, 0.2) is 12.1 Å². The number of likely N-dealkylation sites (N-methyl/N-ethyl adjacent to an activating group) is 1. The first-order valence-electron chi connectivity index (χ1n) is 6.47. The van der Waals surface area contributed by atoms with E-state index in [9.17, 15) is 4.79 Å². The molecule has 0 atom stereocenters. The summed E-state index contributed by atoms with van der Waals surface area (Å²) in [4.78, 5) is 14.4. The molecule has 0 amide bonds. The fourth-order valence-electron chi connectivity index (χ4n) is 2.12. The molecule has 19 heavy (non-hydrogen) atoms. The number of hydrogen-bond acceptors (Lipinski definition) is 3. The van der Waals surface area contributed by atoms with E-state index in [2.05, 4.69) is 0 Å². The summed E-state index contributed by atoms with van der Waals surface area (Å²) < 4.78 is 5.63. The number of carbonyl (C=O) groups excluding carboxylic acids is 1. The van der Waals surface area contributed by atoms with Gasteiger partial charge in [0, 0.05) is 23.4 Å². The van der Waals surface area contributed by atoms with Crippen molar-refractivity contribution in [3.05, 3.63) is 28.3 Å². The first kappa shape index (κ1) is 14.4. The fraction of sp³-hybridized carbons (Fsp3) is 0.533. The molecule has 4 heteroatoms. The molecule has 0 fully saturated rings. The summed E-state index contributed by atoms with van der Waals surface area (Å²) >= 11 is 6.11. The van der Waals surface area contributed by atoms with Crippen molar-refractivity contribution >= 4 is 17.4 Å². The topological polar surface area (TPSA) is 29.5 Å². The Morgan fingerprint density at radius 1 is 1.42 bits per heavy atom. The van der Waals surface area contributed by atoms with Crippen LogP contribution in [0.4, 0.5) is 0 Å². The van der Waals surface area contributed by atoms with Crippen molar-refractivity contribution < 1.29 is 9.53 Å². The number of rotatable bonds is 4. The van der Waals surface area contributed by atoms with Crippen LogP contribution < -0.4 is 4.74 Å². The largest absolute Gasteiger partial charge is 0.493 e.